The Balaban J connectivity index is 2.31. The predicted molar refractivity (Wildman–Crippen MR) is 173 cm³/mol. The zero-order valence-electron chi connectivity index (χ0n) is 28.2. The number of ether oxygens (including phenoxy) is 4. The van der Waals surface area contributed by atoms with Crippen LogP contribution in [0.4, 0.5) is 0 Å². The first kappa shape index (κ1) is 41.2. The van der Waals surface area contributed by atoms with Gasteiger partial charge in [0.15, 0.2) is 6.29 Å². The smallest absolute Gasteiger partial charge is 0.306 e. The van der Waals surface area contributed by atoms with E-state index >= 15 is 0 Å². The highest BCUT2D eigenvalue weighted by atomic mass is 16.7. The van der Waals surface area contributed by atoms with E-state index in [1.165, 1.54) is 103 Å². The lowest BCUT2D eigenvalue weighted by molar-refractivity contribution is -0.305. The standard InChI is InChI=1S/C35H68O9/c1-3-5-7-9-11-12-13-14-15-16-17-18-20-22-24-31(37)43-29(27-41-25-23-21-19-10-8-6-4-2)28-42-35-34(40)33(39)32(38)30(26-36)44-35/h29-30,32-36,38-40H,3-28H2,1-2H3. The summed E-state index contributed by atoms with van der Waals surface area (Å²) in [4.78, 5) is 12.6. The molecule has 1 rings (SSSR count). The van der Waals surface area contributed by atoms with Gasteiger partial charge in [-0.05, 0) is 12.8 Å². The molecule has 1 saturated heterocycles. The molecule has 1 fully saturated rings. The first-order valence-electron chi connectivity index (χ1n) is 18.1. The number of esters is 1. The molecule has 1 aliphatic rings. The summed E-state index contributed by atoms with van der Waals surface area (Å²) in [6.07, 6.45) is 18.5. The van der Waals surface area contributed by atoms with Crippen molar-refractivity contribution in [2.24, 2.45) is 0 Å². The van der Waals surface area contributed by atoms with Crippen molar-refractivity contribution >= 4 is 5.97 Å². The molecule has 0 aliphatic carbocycles. The van der Waals surface area contributed by atoms with Crippen LogP contribution in [-0.2, 0) is 23.7 Å². The minimum Gasteiger partial charge on any atom is -0.457 e. The fourth-order valence-electron chi connectivity index (χ4n) is 5.61. The first-order valence-corrected chi connectivity index (χ1v) is 18.1. The highest BCUT2D eigenvalue weighted by Gasteiger charge is 2.44. The number of aliphatic hydroxyl groups excluding tert-OH is 4. The highest BCUT2D eigenvalue weighted by Crippen LogP contribution is 2.22. The quantitative estimate of drug-likeness (QED) is 0.0527. The van der Waals surface area contributed by atoms with Crippen LogP contribution in [0.5, 0.6) is 0 Å². The van der Waals surface area contributed by atoms with Crippen LogP contribution in [0.3, 0.4) is 0 Å². The molecule has 0 radical (unpaired) electrons. The van der Waals surface area contributed by atoms with Gasteiger partial charge in [0.1, 0.15) is 30.5 Å². The Hall–Kier alpha value is -0.810. The van der Waals surface area contributed by atoms with Crippen molar-refractivity contribution in [1.82, 2.24) is 0 Å². The Kier molecular flexibility index (Phi) is 26.6. The second-order valence-electron chi connectivity index (χ2n) is 12.7. The molecule has 9 heteroatoms. The average Bonchev–Trinajstić information content (AvgIpc) is 3.02. The number of carbonyl (C=O) groups is 1. The minimum absolute atomic E-state index is 0.107. The zero-order chi connectivity index (χ0) is 32.3. The van der Waals surface area contributed by atoms with Crippen molar-refractivity contribution in [2.75, 3.05) is 26.4 Å². The molecule has 0 aromatic carbocycles. The van der Waals surface area contributed by atoms with Crippen molar-refractivity contribution in [1.29, 1.82) is 0 Å². The molecule has 0 amide bonds. The Labute approximate surface area is 268 Å². The van der Waals surface area contributed by atoms with Gasteiger partial charge in [-0.15, -0.1) is 0 Å². The summed E-state index contributed by atoms with van der Waals surface area (Å²) in [5.41, 5.74) is 0. The Bertz CT molecular complexity index is 648. The summed E-state index contributed by atoms with van der Waals surface area (Å²) in [7, 11) is 0. The maximum absolute atomic E-state index is 12.6. The van der Waals surface area contributed by atoms with Crippen LogP contribution in [0.25, 0.3) is 0 Å². The Morgan fingerprint density at radius 1 is 0.636 bits per heavy atom. The van der Waals surface area contributed by atoms with Crippen molar-refractivity contribution in [2.45, 2.75) is 192 Å². The largest absolute Gasteiger partial charge is 0.457 e. The number of aliphatic hydroxyl groups is 4. The van der Waals surface area contributed by atoms with Crippen molar-refractivity contribution in [3.8, 4) is 0 Å². The van der Waals surface area contributed by atoms with Gasteiger partial charge in [-0.3, -0.25) is 4.79 Å². The van der Waals surface area contributed by atoms with Gasteiger partial charge in [-0.25, -0.2) is 0 Å². The van der Waals surface area contributed by atoms with Crippen molar-refractivity contribution in [3.05, 3.63) is 0 Å². The molecule has 1 heterocycles. The van der Waals surface area contributed by atoms with E-state index in [0.29, 0.717) is 13.0 Å². The lowest BCUT2D eigenvalue weighted by atomic mass is 9.99. The van der Waals surface area contributed by atoms with Crippen molar-refractivity contribution < 1.29 is 44.2 Å². The molecular formula is C35H68O9. The van der Waals surface area contributed by atoms with E-state index in [9.17, 15) is 25.2 Å². The van der Waals surface area contributed by atoms with Gasteiger partial charge in [0.05, 0.1) is 19.8 Å². The van der Waals surface area contributed by atoms with Crippen LogP contribution in [-0.4, -0.2) is 89.6 Å². The van der Waals surface area contributed by atoms with Crippen LogP contribution < -0.4 is 0 Å². The molecule has 44 heavy (non-hydrogen) atoms. The molecule has 0 bridgehead atoms. The summed E-state index contributed by atoms with van der Waals surface area (Å²) in [6, 6.07) is 0. The summed E-state index contributed by atoms with van der Waals surface area (Å²) in [6.45, 7) is 4.52. The van der Waals surface area contributed by atoms with Crippen LogP contribution >= 0.6 is 0 Å². The molecule has 1 aliphatic heterocycles. The molecule has 6 atom stereocenters. The van der Waals surface area contributed by atoms with Gasteiger partial charge in [-0.1, -0.05) is 136 Å². The third-order valence-corrected chi connectivity index (χ3v) is 8.52. The summed E-state index contributed by atoms with van der Waals surface area (Å²) < 4.78 is 22.6. The third kappa shape index (κ3) is 20.3. The molecule has 0 spiro atoms. The molecule has 262 valence electrons. The average molecular weight is 633 g/mol. The normalized spacial score (nSPS) is 22.7. The Morgan fingerprint density at radius 2 is 1.11 bits per heavy atom. The van der Waals surface area contributed by atoms with Gasteiger partial charge in [-0.2, -0.15) is 0 Å². The maximum Gasteiger partial charge on any atom is 0.306 e. The van der Waals surface area contributed by atoms with E-state index in [-0.39, 0.29) is 19.2 Å². The minimum atomic E-state index is -1.53. The number of hydrogen-bond donors (Lipinski definition) is 4. The lowest BCUT2D eigenvalue weighted by Crippen LogP contribution is -2.59. The third-order valence-electron chi connectivity index (χ3n) is 8.52. The molecule has 9 nitrogen and oxygen atoms in total. The van der Waals surface area contributed by atoms with E-state index < -0.39 is 43.4 Å². The molecule has 4 N–H and O–H groups in total. The number of carbonyl (C=O) groups excluding carboxylic acids is 1. The molecule has 0 saturated carbocycles. The molecule has 0 aromatic heterocycles. The molecule has 6 unspecified atom stereocenters. The first-order chi connectivity index (χ1) is 21.4. The SMILES string of the molecule is CCCCCCCCCCCCCCCCC(=O)OC(COCCCCCCCCC)COC1OC(CO)C(O)C(O)C1O. The van der Waals surface area contributed by atoms with Crippen LogP contribution in [0, 0.1) is 0 Å². The lowest BCUT2D eigenvalue weighted by Gasteiger charge is -2.39. The molecule has 0 aromatic rings. The topological polar surface area (TPSA) is 135 Å². The second-order valence-corrected chi connectivity index (χ2v) is 12.7. The number of rotatable bonds is 30. The number of hydrogen-bond acceptors (Lipinski definition) is 9. The van der Waals surface area contributed by atoms with Gasteiger partial charge >= 0.3 is 5.97 Å². The van der Waals surface area contributed by atoms with Crippen LogP contribution in [0.15, 0.2) is 0 Å². The van der Waals surface area contributed by atoms with Gasteiger partial charge in [0.25, 0.3) is 0 Å². The van der Waals surface area contributed by atoms with Gasteiger partial charge in [0, 0.05) is 13.0 Å². The Morgan fingerprint density at radius 3 is 1.61 bits per heavy atom. The predicted octanol–water partition coefficient (Wildman–Crippen LogP) is 6.35. The van der Waals surface area contributed by atoms with E-state index in [4.69, 9.17) is 18.9 Å². The van der Waals surface area contributed by atoms with E-state index in [1.54, 1.807) is 0 Å². The number of unbranched alkanes of at least 4 members (excludes halogenated alkanes) is 19. The van der Waals surface area contributed by atoms with E-state index in [2.05, 4.69) is 13.8 Å². The van der Waals surface area contributed by atoms with Crippen LogP contribution in [0.2, 0.25) is 0 Å². The summed E-state index contributed by atoms with van der Waals surface area (Å²) in [5.74, 6) is -0.314. The van der Waals surface area contributed by atoms with Gasteiger partial charge in [0.2, 0.25) is 0 Å². The second kappa shape index (κ2) is 28.4. The van der Waals surface area contributed by atoms with E-state index in [0.717, 1.165) is 32.1 Å². The fourth-order valence-corrected chi connectivity index (χ4v) is 5.61. The van der Waals surface area contributed by atoms with Gasteiger partial charge < -0.3 is 39.4 Å². The summed E-state index contributed by atoms with van der Waals surface area (Å²) in [5, 5.41) is 39.8. The maximum atomic E-state index is 12.6. The summed E-state index contributed by atoms with van der Waals surface area (Å²) >= 11 is 0. The van der Waals surface area contributed by atoms with Crippen molar-refractivity contribution in [3.63, 3.8) is 0 Å². The van der Waals surface area contributed by atoms with E-state index in [1.807, 2.05) is 0 Å². The zero-order valence-corrected chi connectivity index (χ0v) is 28.2. The monoisotopic (exact) mass is 632 g/mol. The van der Waals surface area contributed by atoms with Crippen LogP contribution in [0.1, 0.15) is 155 Å². The highest BCUT2D eigenvalue weighted by molar-refractivity contribution is 5.69. The fraction of sp³-hybridized carbons (Fsp3) is 0.971. The molecular weight excluding hydrogens is 564 g/mol.